The number of hydrogen-bond acceptors (Lipinski definition) is 4. The van der Waals surface area contributed by atoms with Crippen molar-refractivity contribution in [3.8, 4) is 16.9 Å². The van der Waals surface area contributed by atoms with Gasteiger partial charge in [-0.2, -0.15) is 0 Å². The van der Waals surface area contributed by atoms with Crippen LogP contribution in [-0.2, 0) is 4.79 Å². The molecule has 5 nitrogen and oxygen atoms in total. The van der Waals surface area contributed by atoms with Gasteiger partial charge < -0.3 is 14.5 Å². The monoisotopic (exact) mass is 404 g/mol. The molecule has 5 heteroatoms. The van der Waals surface area contributed by atoms with Crippen LogP contribution in [0, 0.1) is 0 Å². The van der Waals surface area contributed by atoms with Crippen molar-refractivity contribution >= 4 is 5.91 Å². The quantitative estimate of drug-likeness (QED) is 0.593. The van der Waals surface area contributed by atoms with Gasteiger partial charge in [-0.15, -0.1) is 0 Å². The van der Waals surface area contributed by atoms with Gasteiger partial charge in [0.15, 0.2) is 6.10 Å². The first-order valence-corrected chi connectivity index (χ1v) is 10.6. The summed E-state index contributed by atoms with van der Waals surface area (Å²) in [6, 6.07) is 21.9. The van der Waals surface area contributed by atoms with Crippen molar-refractivity contribution in [2.75, 3.05) is 19.6 Å². The van der Waals surface area contributed by atoms with Gasteiger partial charge in [0, 0.05) is 6.54 Å². The number of amides is 1. The largest absolute Gasteiger partial charge is 0.481 e. The molecule has 2 atom stereocenters. The molecule has 4 rings (SSSR count). The molecule has 0 saturated carbocycles. The fourth-order valence-electron chi connectivity index (χ4n) is 3.90. The third-order valence-electron chi connectivity index (χ3n) is 5.57. The third kappa shape index (κ3) is 4.92. The lowest BCUT2D eigenvalue weighted by Gasteiger charge is -2.26. The molecule has 1 aliphatic rings. The molecule has 2 aromatic carbocycles. The minimum atomic E-state index is -0.580. The topological polar surface area (TPSA) is 54.7 Å². The Balaban J connectivity index is 1.33. The fourth-order valence-corrected chi connectivity index (χ4v) is 3.90. The minimum absolute atomic E-state index is 0.0591. The Labute approximate surface area is 177 Å². The molecular weight excluding hydrogens is 376 g/mol. The first-order chi connectivity index (χ1) is 14.7. The summed E-state index contributed by atoms with van der Waals surface area (Å²) in [6.45, 7) is 4.34. The number of rotatable bonds is 8. The number of nitrogens with one attached hydrogen (secondary N) is 1. The second-order valence-corrected chi connectivity index (χ2v) is 7.67. The summed E-state index contributed by atoms with van der Waals surface area (Å²) in [7, 11) is 0. The number of carbonyl (C=O) groups excluding carboxylic acids is 1. The minimum Gasteiger partial charge on any atom is -0.481 e. The van der Waals surface area contributed by atoms with Gasteiger partial charge in [0.25, 0.3) is 5.91 Å². The summed E-state index contributed by atoms with van der Waals surface area (Å²) in [5.41, 5.74) is 2.27. The summed E-state index contributed by atoms with van der Waals surface area (Å²) in [4.78, 5) is 15.0. The number of hydrogen-bond donors (Lipinski definition) is 1. The van der Waals surface area contributed by atoms with Crippen LogP contribution in [0.5, 0.6) is 5.75 Å². The van der Waals surface area contributed by atoms with E-state index in [1.807, 2.05) is 54.6 Å². The van der Waals surface area contributed by atoms with E-state index >= 15 is 0 Å². The van der Waals surface area contributed by atoms with Crippen molar-refractivity contribution in [2.45, 2.75) is 31.9 Å². The van der Waals surface area contributed by atoms with E-state index in [0.29, 0.717) is 12.3 Å². The molecule has 1 aromatic heterocycles. The van der Waals surface area contributed by atoms with Crippen molar-refractivity contribution in [1.82, 2.24) is 10.2 Å². The van der Waals surface area contributed by atoms with Crippen LogP contribution >= 0.6 is 0 Å². The summed E-state index contributed by atoms with van der Waals surface area (Å²) in [6.07, 6.45) is 3.47. The van der Waals surface area contributed by atoms with Crippen molar-refractivity contribution in [2.24, 2.45) is 0 Å². The third-order valence-corrected chi connectivity index (χ3v) is 5.57. The van der Waals surface area contributed by atoms with Crippen molar-refractivity contribution in [3.63, 3.8) is 0 Å². The maximum Gasteiger partial charge on any atom is 0.260 e. The molecule has 30 heavy (non-hydrogen) atoms. The van der Waals surface area contributed by atoms with E-state index in [1.54, 1.807) is 13.2 Å². The summed E-state index contributed by atoms with van der Waals surface area (Å²) >= 11 is 0. The Morgan fingerprint density at radius 1 is 1.00 bits per heavy atom. The van der Waals surface area contributed by atoms with Crippen molar-refractivity contribution < 1.29 is 13.9 Å². The van der Waals surface area contributed by atoms with Crippen LogP contribution in [0.3, 0.4) is 0 Å². The van der Waals surface area contributed by atoms with Gasteiger partial charge in [-0.3, -0.25) is 9.69 Å². The number of likely N-dealkylation sites (tertiary alicyclic amines) is 1. The van der Waals surface area contributed by atoms with Crippen LogP contribution in [0.15, 0.2) is 77.4 Å². The van der Waals surface area contributed by atoms with Gasteiger partial charge in [0.1, 0.15) is 11.5 Å². The molecule has 1 fully saturated rings. The average Bonchev–Trinajstić information content (AvgIpc) is 3.50. The normalized spacial score (nSPS) is 16.2. The lowest BCUT2D eigenvalue weighted by molar-refractivity contribution is -0.127. The Morgan fingerprint density at radius 3 is 2.37 bits per heavy atom. The lowest BCUT2D eigenvalue weighted by Crippen LogP contribution is -2.41. The van der Waals surface area contributed by atoms with E-state index in [4.69, 9.17) is 9.15 Å². The predicted molar refractivity (Wildman–Crippen MR) is 117 cm³/mol. The van der Waals surface area contributed by atoms with Gasteiger partial charge in [0.2, 0.25) is 0 Å². The number of benzene rings is 2. The number of furan rings is 1. The number of ether oxygens (including phenoxy) is 1. The molecule has 2 unspecified atom stereocenters. The van der Waals surface area contributed by atoms with E-state index in [1.165, 1.54) is 12.8 Å². The van der Waals surface area contributed by atoms with E-state index in [2.05, 4.69) is 22.3 Å². The Morgan fingerprint density at radius 2 is 1.70 bits per heavy atom. The van der Waals surface area contributed by atoms with E-state index in [-0.39, 0.29) is 11.9 Å². The lowest BCUT2D eigenvalue weighted by atomic mass is 10.1. The zero-order chi connectivity index (χ0) is 20.8. The molecule has 0 radical (unpaired) electrons. The smallest absolute Gasteiger partial charge is 0.260 e. The number of nitrogens with zero attached hydrogens (tertiary/aromatic N) is 1. The van der Waals surface area contributed by atoms with Crippen LogP contribution in [0.25, 0.3) is 11.1 Å². The summed E-state index contributed by atoms with van der Waals surface area (Å²) in [5.74, 6) is 1.44. The molecule has 1 aliphatic heterocycles. The SMILES string of the molecule is CC(Oc1ccc(-c2ccccc2)cc1)C(=O)NCC(c1ccco1)N1CCCC1. The highest BCUT2D eigenvalue weighted by Gasteiger charge is 2.26. The zero-order valence-electron chi connectivity index (χ0n) is 17.3. The van der Waals surface area contributed by atoms with Gasteiger partial charge in [-0.1, -0.05) is 42.5 Å². The molecule has 0 aliphatic carbocycles. The zero-order valence-corrected chi connectivity index (χ0v) is 17.3. The van der Waals surface area contributed by atoms with Crippen LogP contribution in [0.2, 0.25) is 0 Å². The maximum atomic E-state index is 12.6. The first-order valence-electron chi connectivity index (χ1n) is 10.6. The first kappa shape index (κ1) is 20.2. The highest BCUT2D eigenvalue weighted by Crippen LogP contribution is 2.25. The van der Waals surface area contributed by atoms with Crippen molar-refractivity contribution in [1.29, 1.82) is 0 Å². The molecule has 1 saturated heterocycles. The van der Waals surface area contributed by atoms with E-state index in [0.717, 1.165) is 30.0 Å². The molecule has 156 valence electrons. The van der Waals surface area contributed by atoms with Crippen LogP contribution < -0.4 is 10.1 Å². The summed E-state index contributed by atoms with van der Waals surface area (Å²) in [5, 5.41) is 3.04. The van der Waals surface area contributed by atoms with Crippen LogP contribution in [0.1, 0.15) is 31.6 Å². The molecule has 2 heterocycles. The Kier molecular flexibility index (Phi) is 6.50. The van der Waals surface area contributed by atoms with Crippen LogP contribution in [-0.4, -0.2) is 36.5 Å². The average molecular weight is 405 g/mol. The maximum absolute atomic E-state index is 12.6. The van der Waals surface area contributed by atoms with Gasteiger partial charge in [-0.05, 0) is 68.2 Å². The molecule has 0 spiro atoms. The fraction of sp³-hybridized carbons (Fsp3) is 0.320. The second-order valence-electron chi connectivity index (χ2n) is 7.67. The molecular formula is C25H28N2O3. The van der Waals surface area contributed by atoms with Crippen LogP contribution in [0.4, 0.5) is 0 Å². The van der Waals surface area contributed by atoms with Gasteiger partial charge in [-0.25, -0.2) is 0 Å². The Bertz CT molecular complexity index is 917. The van der Waals surface area contributed by atoms with E-state index < -0.39 is 6.10 Å². The molecule has 0 bridgehead atoms. The molecule has 1 N–H and O–H groups in total. The van der Waals surface area contributed by atoms with Gasteiger partial charge >= 0.3 is 0 Å². The predicted octanol–water partition coefficient (Wildman–Crippen LogP) is 4.67. The second kappa shape index (κ2) is 9.63. The van der Waals surface area contributed by atoms with E-state index in [9.17, 15) is 4.79 Å². The molecule has 1 amide bonds. The Hall–Kier alpha value is -3.05. The highest BCUT2D eigenvalue weighted by molar-refractivity contribution is 5.80. The standard InChI is InChI=1S/C25H28N2O3/c1-19(30-22-13-11-21(12-14-22)20-8-3-2-4-9-20)25(28)26-18-23(24-10-7-17-29-24)27-15-5-6-16-27/h2-4,7-14,17,19,23H,5-6,15-16,18H2,1H3,(H,26,28). The molecule has 3 aromatic rings. The summed E-state index contributed by atoms with van der Waals surface area (Å²) < 4.78 is 11.5. The number of carbonyl (C=O) groups is 1. The van der Waals surface area contributed by atoms with Crippen molar-refractivity contribution in [3.05, 3.63) is 78.8 Å². The highest BCUT2D eigenvalue weighted by atomic mass is 16.5. The van der Waals surface area contributed by atoms with Gasteiger partial charge in [0.05, 0.1) is 12.3 Å².